The average Bonchev–Trinajstić information content (AvgIpc) is 2.94. The molecule has 0 spiro atoms. The number of nitrogens with one attached hydrogen (secondary N) is 2. The summed E-state index contributed by atoms with van der Waals surface area (Å²) in [5.41, 5.74) is 3.88. The maximum atomic E-state index is 13.0. The minimum absolute atomic E-state index is 0.138. The molecule has 0 atom stereocenters. The molecule has 4 aromatic rings. The second-order valence-electron chi connectivity index (χ2n) is 9.80. The number of halogens is 1. The first-order chi connectivity index (χ1) is 19.0. The van der Waals surface area contributed by atoms with Crippen molar-refractivity contribution in [3.05, 3.63) is 97.3 Å². The van der Waals surface area contributed by atoms with Crippen LogP contribution in [0.2, 0.25) is 5.02 Å². The fraction of sp³-hybridized carbons (Fsp3) is 0.267. The predicted octanol–water partition coefficient (Wildman–Crippen LogP) is 4.53. The highest BCUT2D eigenvalue weighted by atomic mass is 35.5. The molecule has 0 unspecified atom stereocenters. The lowest BCUT2D eigenvalue weighted by molar-refractivity contribution is 0.102. The number of aromatic nitrogens is 3. The lowest BCUT2D eigenvalue weighted by Crippen LogP contribution is -2.40. The van der Waals surface area contributed by atoms with E-state index in [4.69, 9.17) is 21.3 Å². The van der Waals surface area contributed by atoms with Gasteiger partial charge >= 0.3 is 5.69 Å². The van der Waals surface area contributed by atoms with Crippen LogP contribution in [0, 0.1) is 6.92 Å². The second-order valence-corrected chi connectivity index (χ2v) is 10.2. The zero-order chi connectivity index (χ0) is 29.1. The van der Waals surface area contributed by atoms with Crippen molar-refractivity contribution in [1.29, 1.82) is 0 Å². The number of pyridine rings is 1. The number of hydrogen-bond donors (Lipinski definition) is 2. The van der Waals surface area contributed by atoms with Gasteiger partial charge in [-0.25, -0.2) is 9.78 Å². The fourth-order valence-corrected chi connectivity index (χ4v) is 4.72. The molecular formula is C30H32ClN5O4. The van der Waals surface area contributed by atoms with Gasteiger partial charge in [0.1, 0.15) is 5.56 Å². The van der Waals surface area contributed by atoms with Crippen molar-refractivity contribution >= 4 is 23.2 Å². The van der Waals surface area contributed by atoms with Gasteiger partial charge in [-0.1, -0.05) is 61.8 Å². The number of amides is 1. The van der Waals surface area contributed by atoms with E-state index in [-0.39, 0.29) is 5.56 Å². The van der Waals surface area contributed by atoms with Crippen molar-refractivity contribution in [2.24, 2.45) is 14.1 Å². The average molecular weight is 562 g/mol. The van der Waals surface area contributed by atoms with Crippen molar-refractivity contribution in [2.75, 3.05) is 12.4 Å². The maximum Gasteiger partial charge on any atom is 0.330 e. The third kappa shape index (κ3) is 5.71. The summed E-state index contributed by atoms with van der Waals surface area (Å²) in [5, 5.41) is 6.69. The molecule has 1 amide bonds. The zero-order valence-corrected chi connectivity index (χ0v) is 24.1. The van der Waals surface area contributed by atoms with Gasteiger partial charge in [-0.15, -0.1) is 0 Å². The Morgan fingerprint density at radius 2 is 1.70 bits per heavy atom. The second kappa shape index (κ2) is 11.9. The number of aryl methyl sites for hydroxylation is 1. The Bertz CT molecular complexity index is 1710. The first-order valence-electron chi connectivity index (χ1n) is 12.8. The molecule has 0 saturated carbocycles. The number of benzene rings is 2. The van der Waals surface area contributed by atoms with Crippen LogP contribution in [0.5, 0.6) is 5.88 Å². The Balaban J connectivity index is 1.70. The number of ether oxygens (including phenoxy) is 1. The van der Waals surface area contributed by atoms with E-state index >= 15 is 0 Å². The molecule has 2 heterocycles. The van der Waals surface area contributed by atoms with Gasteiger partial charge in [0.15, 0.2) is 0 Å². The molecule has 0 bridgehead atoms. The van der Waals surface area contributed by atoms with Crippen LogP contribution in [0.4, 0.5) is 5.69 Å². The van der Waals surface area contributed by atoms with Gasteiger partial charge < -0.3 is 19.9 Å². The number of rotatable bonds is 8. The van der Waals surface area contributed by atoms with Crippen LogP contribution in [-0.2, 0) is 20.6 Å². The van der Waals surface area contributed by atoms with Crippen LogP contribution in [0.25, 0.3) is 22.4 Å². The minimum atomic E-state index is -0.668. The monoisotopic (exact) mass is 561 g/mol. The van der Waals surface area contributed by atoms with E-state index in [0.717, 1.165) is 32.4 Å². The highest BCUT2D eigenvalue weighted by molar-refractivity contribution is 6.36. The molecule has 2 aromatic carbocycles. The lowest BCUT2D eigenvalue weighted by atomic mass is 9.96. The van der Waals surface area contributed by atoms with Crippen molar-refractivity contribution < 1.29 is 9.53 Å². The largest absolute Gasteiger partial charge is 0.481 e. The zero-order valence-electron chi connectivity index (χ0n) is 23.3. The van der Waals surface area contributed by atoms with Crippen molar-refractivity contribution in [2.45, 2.75) is 33.4 Å². The van der Waals surface area contributed by atoms with Crippen LogP contribution >= 0.6 is 11.6 Å². The van der Waals surface area contributed by atoms with Crippen LogP contribution in [0.3, 0.4) is 0 Å². The molecule has 10 heteroatoms. The van der Waals surface area contributed by atoms with E-state index in [1.54, 1.807) is 19.2 Å². The fourth-order valence-electron chi connectivity index (χ4n) is 4.40. The highest BCUT2D eigenvalue weighted by Crippen LogP contribution is 2.39. The first-order valence-corrected chi connectivity index (χ1v) is 13.2. The molecular weight excluding hydrogens is 530 g/mol. The molecule has 2 aromatic heterocycles. The Hall–Kier alpha value is -4.21. The minimum Gasteiger partial charge on any atom is -0.481 e. The number of carbonyl (C=O) groups excluding carboxylic acids is 1. The standard InChI is InChI=1S/C30H32ClN5O4/c1-17(2)32-15-19-13-14-25(34-28(19)40-6)22-11-7-10-21(26(22)31)20-9-8-12-24(18(20)3)33-27(37)23-16-35(4)30(39)36(5)29(23)38/h7-14,16-17,32H,15H2,1-6H3,(H,33,37). The van der Waals surface area contributed by atoms with E-state index in [9.17, 15) is 14.4 Å². The van der Waals surface area contributed by atoms with Crippen LogP contribution in [-0.4, -0.2) is 33.2 Å². The molecule has 4 rings (SSSR count). The van der Waals surface area contributed by atoms with E-state index in [0.29, 0.717) is 34.9 Å². The van der Waals surface area contributed by atoms with E-state index in [2.05, 4.69) is 24.5 Å². The smallest absolute Gasteiger partial charge is 0.330 e. The number of hydrogen-bond acceptors (Lipinski definition) is 6. The summed E-state index contributed by atoms with van der Waals surface area (Å²) in [6, 6.07) is 15.4. The predicted molar refractivity (Wildman–Crippen MR) is 158 cm³/mol. The third-order valence-electron chi connectivity index (χ3n) is 6.67. The van der Waals surface area contributed by atoms with E-state index in [1.165, 1.54) is 24.9 Å². The molecule has 0 saturated heterocycles. The van der Waals surface area contributed by atoms with Crippen LogP contribution in [0.1, 0.15) is 35.3 Å². The van der Waals surface area contributed by atoms with Gasteiger partial charge in [-0.2, -0.15) is 0 Å². The summed E-state index contributed by atoms with van der Waals surface area (Å²) in [4.78, 5) is 42.3. The molecule has 9 nitrogen and oxygen atoms in total. The van der Waals surface area contributed by atoms with Gasteiger partial charge in [0.25, 0.3) is 11.5 Å². The Kier molecular flexibility index (Phi) is 8.56. The van der Waals surface area contributed by atoms with Gasteiger partial charge in [0, 0.05) is 55.3 Å². The van der Waals surface area contributed by atoms with E-state index in [1.807, 2.05) is 43.3 Å². The number of methoxy groups -OCH3 is 1. The number of anilines is 1. The molecule has 0 radical (unpaired) electrons. The van der Waals surface area contributed by atoms with Gasteiger partial charge in [0.05, 0.1) is 17.8 Å². The molecule has 0 fully saturated rings. The molecule has 208 valence electrons. The summed E-state index contributed by atoms with van der Waals surface area (Å²) in [6.45, 7) is 6.65. The third-order valence-corrected chi connectivity index (χ3v) is 7.08. The van der Waals surface area contributed by atoms with Gasteiger partial charge in [0.2, 0.25) is 5.88 Å². The summed E-state index contributed by atoms with van der Waals surface area (Å²) in [6.07, 6.45) is 1.24. The quantitative estimate of drug-likeness (QED) is 0.327. The summed E-state index contributed by atoms with van der Waals surface area (Å²) < 4.78 is 7.65. The number of nitrogens with zero attached hydrogens (tertiary/aromatic N) is 3. The van der Waals surface area contributed by atoms with Gasteiger partial charge in [-0.05, 0) is 30.2 Å². The topological polar surface area (TPSA) is 107 Å². The van der Waals surface area contributed by atoms with E-state index < -0.39 is 17.2 Å². The molecule has 0 aliphatic rings. The van der Waals surface area contributed by atoms with Crippen LogP contribution in [0.15, 0.2) is 64.3 Å². The molecule has 40 heavy (non-hydrogen) atoms. The maximum absolute atomic E-state index is 13.0. The van der Waals surface area contributed by atoms with Crippen molar-refractivity contribution in [1.82, 2.24) is 19.4 Å². The summed E-state index contributed by atoms with van der Waals surface area (Å²) in [5.74, 6) is -0.0859. The lowest BCUT2D eigenvalue weighted by Gasteiger charge is -2.16. The number of carbonyl (C=O) groups is 1. The molecule has 0 aliphatic heterocycles. The Morgan fingerprint density at radius 3 is 2.40 bits per heavy atom. The first kappa shape index (κ1) is 28.8. The van der Waals surface area contributed by atoms with Crippen LogP contribution < -0.4 is 26.6 Å². The Labute approximate surface area is 237 Å². The molecule has 2 N–H and O–H groups in total. The molecule has 0 aliphatic carbocycles. The summed E-state index contributed by atoms with van der Waals surface area (Å²) >= 11 is 6.96. The SMILES string of the molecule is COc1nc(-c2cccc(-c3cccc(NC(=O)c4cn(C)c(=O)n(C)c4=O)c3C)c2Cl)ccc1CNC(C)C. The van der Waals surface area contributed by atoms with Gasteiger partial charge in [-0.3, -0.25) is 14.2 Å². The normalized spacial score (nSPS) is 11.1. The Morgan fingerprint density at radius 1 is 1.02 bits per heavy atom. The van der Waals surface area contributed by atoms with Crippen molar-refractivity contribution in [3.8, 4) is 28.3 Å². The summed E-state index contributed by atoms with van der Waals surface area (Å²) in [7, 11) is 4.42. The van der Waals surface area contributed by atoms with Crippen molar-refractivity contribution in [3.63, 3.8) is 0 Å². The highest BCUT2D eigenvalue weighted by Gasteiger charge is 2.19.